The molecule has 0 aliphatic rings. The van der Waals surface area contributed by atoms with Crippen molar-refractivity contribution < 1.29 is 0 Å². The lowest BCUT2D eigenvalue weighted by atomic mass is 10.2. The summed E-state index contributed by atoms with van der Waals surface area (Å²) in [6, 6.07) is 8.67. The van der Waals surface area contributed by atoms with Gasteiger partial charge in [0.25, 0.3) is 16.3 Å². The molecule has 10 heavy (non-hydrogen) atoms. The van der Waals surface area contributed by atoms with Crippen molar-refractivity contribution >= 4 is 20.7 Å². The van der Waals surface area contributed by atoms with Crippen LogP contribution in [-0.2, 0) is 0 Å². The van der Waals surface area contributed by atoms with E-state index in [0.717, 1.165) is 0 Å². The predicted molar refractivity (Wildman–Crippen MR) is 50.7 cm³/mol. The van der Waals surface area contributed by atoms with Crippen molar-refractivity contribution in [2.45, 2.75) is 20.8 Å². The molecule has 0 radical (unpaired) electrons. The van der Waals surface area contributed by atoms with Crippen LogP contribution < -0.4 is 4.43 Å². The molecule has 0 N–H and O–H groups in total. The van der Waals surface area contributed by atoms with Gasteiger partial charge in [0.1, 0.15) is 0 Å². The lowest BCUT2D eigenvalue weighted by Crippen LogP contribution is -1.98. The summed E-state index contributed by atoms with van der Waals surface area (Å²) in [6.45, 7) is 6.11. The number of hydrogen-bond donors (Lipinski definition) is 0. The normalized spacial score (nSPS) is 7.90. The van der Waals surface area contributed by atoms with Crippen molar-refractivity contribution in [2.75, 3.05) is 0 Å². The molecule has 0 atom stereocenters. The fourth-order valence-electron chi connectivity index (χ4n) is 0.637. The fraction of sp³-hybridized carbons (Fsp3) is 0.333. The summed E-state index contributed by atoms with van der Waals surface area (Å²) in [7, 11) is 0. The predicted octanol–water partition coefficient (Wildman–Crippen LogP) is 1.28. The summed E-state index contributed by atoms with van der Waals surface area (Å²) in [4.78, 5) is 0. The Morgan fingerprint density at radius 1 is 1.00 bits per heavy atom. The highest BCUT2D eigenvalue weighted by molar-refractivity contribution is 6.32. The van der Waals surface area contributed by atoms with Gasteiger partial charge in [0.15, 0.2) is 0 Å². The molecule has 0 aromatic heterocycles. The van der Waals surface area contributed by atoms with E-state index in [1.54, 1.807) is 0 Å². The maximum absolute atomic E-state index is 2.18. The molecule has 1 heteroatoms. The second-order valence-electron chi connectivity index (χ2n) is 2.15. The van der Waals surface area contributed by atoms with Gasteiger partial charge in [-0.2, -0.15) is 0 Å². The van der Waals surface area contributed by atoms with Crippen molar-refractivity contribution in [1.82, 2.24) is 0 Å². The number of rotatable bonds is 0. The molecule has 0 aliphatic carbocycles. The van der Waals surface area contributed by atoms with Crippen LogP contribution in [0.5, 0.6) is 0 Å². The molecule has 0 amide bonds. The van der Waals surface area contributed by atoms with Gasteiger partial charge in [-0.25, -0.2) is 0 Å². The molecule has 0 fully saturated rings. The van der Waals surface area contributed by atoms with Crippen molar-refractivity contribution in [3.05, 3.63) is 29.8 Å². The van der Waals surface area contributed by atoms with Gasteiger partial charge in [-0.05, 0) is 6.92 Å². The SMILES string of the molecule is CC.Cc1cc[c]([AlH2])cc1. The lowest BCUT2D eigenvalue weighted by molar-refractivity contribution is 1.49. The Kier molecular flexibility index (Phi) is 5.39. The summed E-state index contributed by atoms with van der Waals surface area (Å²) < 4.78 is 1.47. The summed E-state index contributed by atoms with van der Waals surface area (Å²) in [6.07, 6.45) is 0. The van der Waals surface area contributed by atoms with Crippen molar-refractivity contribution in [1.29, 1.82) is 0 Å². The lowest BCUT2D eigenvalue weighted by Gasteiger charge is -1.90. The number of aryl methyl sites for hydroxylation is 1. The first-order chi connectivity index (χ1) is 4.79. The van der Waals surface area contributed by atoms with E-state index < -0.39 is 0 Å². The van der Waals surface area contributed by atoms with Gasteiger partial charge in [0, 0.05) is 0 Å². The molecular formula is C9H15Al. The smallest absolute Gasteiger partial charge is 0.121 e. The second-order valence-corrected chi connectivity index (χ2v) is 3.31. The van der Waals surface area contributed by atoms with Crippen LogP contribution >= 0.6 is 0 Å². The first kappa shape index (κ1) is 9.75. The summed E-state index contributed by atoms with van der Waals surface area (Å²) in [5, 5.41) is 0. The molecule has 0 saturated carbocycles. The van der Waals surface area contributed by atoms with Crippen LogP contribution in [0.2, 0.25) is 0 Å². The summed E-state index contributed by atoms with van der Waals surface area (Å²) in [5.41, 5.74) is 1.35. The van der Waals surface area contributed by atoms with Gasteiger partial charge in [-0.1, -0.05) is 43.7 Å². The minimum Gasteiger partial charge on any atom is -0.121 e. The van der Waals surface area contributed by atoms with E-state index >= 15 is 0 Å². The number of hydrogen-bond acceptors (Lipinski definition) is 0. The van der Waals surface area contributed by atoms with Crippen molar-refractivity contribution in [3.63, 3.8) is 0 Å². The minimum atomic E-state index is 1.17. The number of benzene rings is 1. The Morgan fingerprint density at radius 2 is 1.40 bits per heavy atom. The summed E-state index contributed by atoms with van der Waals surface area (Å²) >= 11 is 1.17. The van der Waals surface area contributed by atoms with E-state index in [1.807, 2.05) is 13.8 Å². The second kappa shape index (κ2) is 5.53. The van der Waals surface area contributed by atoms with E-state index in [4.69, 9.17) is 0 Å². The zero-order valence-corrected chi connectivity index (χ0v) is 9.31. The monoisotopic (exact) mass is 150 g/mol. The molecule has 1 rings (SSSR count). The average Bonchev–Trinajstić information content (AvgIpc) is 2.00. The third kappa shape index (κ3) is 3.72. The maximum atomic E-state index is 2.18. The molecule has 1 aromatic carbocycles. The molecule has 0 unspecified atom stereocenters. The first-order valence-electron chi connectivity index (χ1n) is 3.82. The molecule has 0 saturated heterocycles. The van der Waals surface area contributed by atoms with E-state index in [1.165, 1.54) is 26.3 Å². The van der Waals surface area contributed by atoms with E-state index in [0.29, 0.717) is 0 Å². The third-order valence-corrected chi connectivity index (χ3v) is 1.88. The quantitative estimate of drug-likeness (QED) is 0.489. The third-order valence-electron chi connectivity index (χ3n) is 1.22. The molecule has 0 spiro atoms. The van der Waals surface area contributed by atoms with E-state index in [9.17, 15) is 0 Å². The highest BCUT2D eigenvalue weighted by Gasteiger charge is 1.80. The van der Waals surface area contributed by atoms with Gasteiger partial charge in [-0.3, -0.25) is 0 Å². The van der Waals surface area contributed by atoms with Crippen LogP contribution in [0.25, 0.3) is 0 Å². The Morgan fingerprint density at radius 3 is 1.70 bits per heavy atom. The van der Waals surface area contributed by atoms with Crippen LogP contribution in [0, 0.1) is 6.92 Å². The first-order valence-corrected chi connectivity index (χ1v) is 4.82. The van der Waals surface area contributed by atoms with Crippen molar-refractivity contribution in [3.8, 4) is 0 Å². The van der Waals surface area contributed by atoms with Gasteiger partial charge in [0.2, 0.25) is 0 Å². The Balaban J connectivity index is 0.000000371. The Bertz CT molecular complexity index is 144. The van der Waals surface area contributed by atoms with Crippen LogP contribution in [0.15, 0.2) is 24.3 Å². The van der Waals surface area contributed by atoms with Crippen LogP contribution in [0.3, 0.4) is 0 Å². The molecule has 54 valence electrons. The standard InChI is InChI=1S/C7H7.C2H6.Al.2H/c1-7-5-3-2-4-6-7;1-2;;;/h3-6H,1H3;1-2H3;;;. The van der Waals surface area contributed by atoms with E-state index in [-0.39, 0.29) is 0 Å². The largest absolute Gasteiger partial charge is 0.258 e. The average molecular weight is 150 g/mol. The Hall–Kier alpha value is -0.248. The maximum Gasteiger partial charge on any atom is 0.258 e. The highest BCUT2D eigenvalue weighted by atomic mass is 27.0. The summed E-state index contributed by atoms with van der Waals surface area (Å²) in [5.74, 6) is 0. The molecule has 0 nitrogen and oxygen atoms in total. The molecule has 0 heterocycles. The van der Waals surface area contributed by atoms with Crippen LogP contribution in [0.1, 0.15) is 19.4 Å². The molecule has 1 aromatic rings. The molecule has 0 bridgehead atoms. The van der Waals surface area contributed by atoms with Crippen LogP contribution in [0.4, 0.5) is 0 Å². The van der Waals surface area contributed by atoms with Gasteiger partial charge >= 0.3 is 0 Å². The van der Waals surface area contributed by atoms with Gasteiger partial charge in [0.05, 0.1) is 0 Å². The fourth-order valence-corrected chi connectivity index (χ4v) is 0.970. The Labute approximate surface area is 71.7 Å². The zero-order chi connectivity index (χ0) is 7.98. The topological polar surface area (TPSA) is 0 Å². The van der Waals surface area contributed by atoms with Gasteiger partial charge in [-0.15, -0.1) is 4.43 Å². The highest BCUT2D eigenvalue weighted by Crippen LogP contribution is 1.90. The molecular weight excluding hydrogens is 135 g/mol. The van der Waals surface area contributed by atoms with Gasteiger partial charge < -0.3 is 0 Å². The zero-order valence-electron chi connectivity index (χ0n) is 7.31. The minimum absolute atomic E-state index is 1.17. The van der Waals surface area contributed by atoms with Crippen LogP contribution in [-0.4, -0.2) is 16.3 Å². The van der Waals surface area contributed by atoms with E-state index in [2.05, 4.69) is 31.2 Å². The van der Waals surface area contributed by atoms with Crippen molar-refractivity contribution in [2.24, 2.45) is 0 Å². The molecule has 0 aliphatic heterocycles.